The highest BCUT2D eigenvalue weighted by Crippen LogP contribution is 2.28. The summed E-state index contributed by atoms with van der Waals surface area (Å²) in [6.45, 7) is 9.81. The van der Waals surface area contributed by atoms with Gasteiger partial charge in [-0.3, -0.25) is 9.59 Å². The fraction of sp³-hybridized carbons (Fsp3) is 0.529. The number of halogens is 1. The molecule has 0 spiro atoms. The monoisotopic (exact) mass is 340 g/mol. The summed E-state index contributed by atoms with van der Waals surface area (Å²) in [5.74, 6) is 0.440. The van der Waals surface area contributed by atoms with Gasteiger partial charge in [0.2, 0.25) is 11.8 Å². The number of amides is 2. The molecule has 0 aliphatic carbocycles. The van der Waals surface area contributed by atoms with Gasteiger partial charge in [0, 0.05) is 12.6 Å². The molecular weight excluding hydrogens is 316 g/mol. The Morgan fingerprint density at radius 3 is 2.35 bits per heavy atom. The first-order chi connectivity index (χ1) is 10.7. The number of ether oxygens (including phenoxy) is 1. The Kier molecular flexibility index (Phi) is 7.36. The van der Waals surface area contributed by atoms with E-state index in [0.717, 1.165) is 0 Å². The van der Waals surface area contributed by atoms with Crippen LogP contribution >= 0.6 is 11.6 Å². The predicted octanol–water partition coefficient (Wildman–Crippen LogP) is 3.47. The van der Waals surface area contributed by atoms with Crippen LogP contribution < -0.4 is 15.4 Å². The Balaban J connectivity index is 2.78. The van der Waals surface area contributed by atoms with Gasteiger partial charge in [-0.15, -0.1) is 0 Å². The molecule has 23 heavy (non-hydrogen) atoms. The zero-order valence-corrected chi connectivity index (χ0v) is 15.0. The molecule has 0 aromatic heterocycles. The fourth-order valence-corrected chi connectivity index (χ4v) is 2.16. The summed E-state index contributed by atoms with van der Waals surface area (Å²) < 4.78 is 5.59. The van der Waals surface area contributed by atoms with Gasteiger partial charge in [-0.2, -0.15) is 0 Å². The van der Waals surface area contributed by atoms with Crippen LogP contribution in [0.1, 0.15) is 34.6 Å². The van der Waals surface area contributed by atoms with Crippen LogP contribution in [0.4, 0.5) is 5.69 Å². The Morgan fingerprint density at radius 2 is 1.87 bits per heavy atom. The lowest BCUT2D eigenvalue weighted by atomic mass is 10.0. The summed E-state index contributed by atoms with van der Waals surface area (Å²) in [5.41, 5.74) is 0.563. The van der Waals surface area contributed by atoms with E-state index in [1.165, 1.54) is 6.92 Å². The molecule has 2 amide bonds. The van der Waals surface area contributed by atoms with Gasteiger partial charge in [-0.1, -0.05) is 39.3 Å². The zero-order valence-electron chi connectivity index (χ0n) is 14.3. The molecule has 0 radical (unpaired) electrons. The number of rotatable bonds is 7. The number of hydrogen-bond donors (Lipinski definition) is 2. The van der Waals surface area contributed by atoms with Crippen molar-refractivity contribution in [2.45, 2.75) is 40.7 Å². The number of carbonyl (C=O) groups excluding carboxylic acids is 2. The Bertz CT molecular complexity index is 559. The Hall–Kier alpha value is -1.75. The van der Waals surface area contributed by atoms with Crippen molar-refractivity contribution in [2.75, 3.05) is 11.9 Å². The third-order valence-corrected chi connectivity index (χ3v) is 3.37. The van der Waals surface area contributed by atoms with E-state index in [-0.39, 0.29) is 17.7 Å². The van der Waals surface area contributed by atoms with E-state index in [1.54, 1.807) is 18.2 Å². The van der Waals surface area contributed by atoms with Crippen molar-refractivity contribution in [1.82, 2.24) is 5.32 Å². The second-order valence-electron chi connectivity index (χ2n) is 6.26. The molecule has 1 aromatic rings. The van der Waals surface area contributed by atoms with E-state index in [0.29, 0.717) is 29.0 Å². The van der Waals surface area contributed by atoms with Crippen LogP contribution in [0.3, 0.4) is 0 Å². The maximum atomic E-state index is 12.3. The van der Waals surface area contributed by atoms with Crippen LogP contribution in [-0.2, 0) is 9.59 Å². The van der Waals surface area contributed by atoms with Crippen molar-refractivity contribution >= 4 is 29.1 Å². The molecular formula is C17H25ClN2O3. The molecule has 0 fully saturated rings. The van der Waals surface area contributed by atoms with E-state index in [4.69, 9.17) is 16.3 Å². The molecule has 5 nitrogen and oxygen atoms in total. The Labute approximate surface area is 142 Å². The third-order valence-electron chi connectivity index (χ3n) is 3.08. The van der Waals surface area contributed by atoms with Crippen molar-refractivity contribution in [3.63, 3.8) is 0 Å². The number of hydrogen-bond acceptors (Lipinski definition) is 3. The van der Waals surface area contributed by atoms with Crippen LogP contribution in [0.25, 0.3) is 0 Å². The van der Waals surface area contributed by atoms with Crippen molar-refractivity contribution in [3.8, 4) is 5.75 Å². The zero-order chi connectivity index (χ0) is 17.6. The number of carbonyl (C=O) groups is 2. The molecule has 6 heteroatoms. The summed E-state index contributed by atoms with van der Waals surface area (Å²) in [6, 6.07) is 4.50. The number of anilines is 1. The maximum Gasteiger partial charge on any atom is 0.247 e. The highest BCUT2D eigenvalue weighted by Gasteiger charge is 2.23. The third kappa shape index (κ3) is 6.48. The topological polar surface area (TPSA) is 67.4 Å². The van der Waals surface area contributed by atoms with Crippen molar-refractivity contribution < 1.29 is 14.3 Å². The molecule has 0 unspecified atom stereocenters. The minimum Gasteiger partial charge on any atom is -0.492 e. The first-order valence-corrected chi connectivity index (χ1v) is 8.08. The van der Waals surface area contributed by atoms with Gasteiger partial charge in [0.1, 0.15) is 11.8 Å². The molecule has 1 atom stereocenters. The van der Waals surface area contributed by atoms with E-state index in [2.05, 4.69) is 24.5 Å². The van der Waals surface area contributed by atoms with Crippen molar-refractivity contribution in [1.29, 1.82) is 0 Å². The van der Waals surface area contributed by atoms with Gasteiger partial charge in [0.25, 0.3) is 0 Å². The van der Waals surface area contributed by atoms with Crippen molar-refractivity contribution in [3.05, 3.63) is 23.2 Å². The molecule has 0 aliphatic rings. The largest absolute Gasteiger partial charge is 0.492 e. The molecule has 0 aliphatic heterocycles. The highest BCUT2D eigenvalue weighted by molar-refractivity contribution is 6.32. The Morgan fingerprint density at radius 1 is 1.22 bits per heavy atom. The van der Waals surface area contributed by atoms with Crippen LogP contribution in [0.5, 0.6) is 5.75 Å². The highest BCUT2D eigenvalue weighted by atomic mass is 35.5. The van der Waals surface area contributed by atoms with Gasteiger partial charge in [-0.25, -0.2) is 0 Å². The molecule has 0 bridgehead atoms. The van der Waals surface area contributed by atoms with Gasteiger partial charge >= 0.3 is 0 Å². The lowest BCUT2D eigenvalue weighted by molar-refractivity contribution is -0.126. The molecule has 2 N–H and O–H groups in total. The minimum absolute atomic E-state index is 0.0250. The summed E-state index contributed by atoms with van der Waals surface area (Å²) in [4.78, 5) is 23.5. The molecule has 0 heterocycles. The quantitative estimate of drug-likeness (QED) is 0.798. The van der Waals surface area contributed by atoms with Crippen LogP contribution in [0, 0.1) is 11.8 Å². The smallest absolute Gasteiger partial charge is 0.247 e. The van der Waals surface area contributed by atoms with E-state index in [1.807, 2.05) is 13.8 Å². The molecule has 1 rings (SSSR count). The summed E-state index contributed by atoms with van der Waals surface area (Å²) in [7, 11) is 0. The van der Waals surface area contributed by atoms with E-state index >= 15 is 0 Å². The van der Waals surface area contributed by atoms with Gasteiger partial charge < -0.3 is 15.4 Å². The summed E-state index contributed by atoms with van der Waals surface area (Å²) in [5, 5.41) is 5.85. The second-order valence-corrected chi connectivity index (χ2v) is 6.67. The van der Waals surface area contributed by atoms with Gasteiger partial charge in [-0.05, 0) is 30.0 Å². The fourth-order valence-electron chi connectivity index (χ4n) is 1.93. The molecule has 0 saturated heterocycles. The normalized spacial score (nSPS) is 12.2. The van der Waals surface area contributed by atoms with E-state index in [9.17, 15) is 9.59 Å². The molecule has 128 valence electrons. The minimum atomic E-state index is -0.594. The summed E-state index contributed by atoms with van der Waals surface area (Å²) >= 11 is 6.18. The second kappa shape index (κ2) is 8.77. The van der Waals surface area contributed by atoms with Crippen molar-refractivity contribution in [2.24, 2.45) is 11.8 Å². The molecule has 1 aromatic carbocycles. The lowest BCUT2D eigenvalue weighted by Gasteiger charge is -2.21. The first-order valence-electron chi connectivity index (χ1n) is 7.71. The number of nitrogens with one attached hydrogen (secondary N) is 2. The summed E-state index contributed by atoms with van der Waals surface area (Å²) in [6.07, 6.45) is 0. The SMILES string of the molecule is CC(=O)N[C@@H](C(=O)Nc1ccc(OCC(C)C)c(Cl)c1)C(C)C. The predicted molar refractivity (Wildman–Crippen MR) is 92.9 cm³/mol. The van der Waals surface area contributed by atoms with Crippen LogP contribution in [0.15, 0.2) is 18.2 Å². The van der Waals surface area contributed by atoms with Gasteiger partial charge in [0.05, 0.1) is 11.6 Å². The standard InChI is InChI=1S/C17H25ClN2O3/c1-10(2)9-23-15-7-6-13(8-14(15)18)20-17(22)16(11(3)4)19-12(5)21/h6-8,10-11,16H,9H2,1-5H3,(H,19,21)(H,20,22)/t16-/m1/s1. The molecule has 0 saturated carbocycles. The maximum absolute atomic E-state index is 12.3. The lowest BCUT2D eigenvalue weighted by Crippen LogP contribution is -2.46. The average molecular weight is 341 g/mol. The number of benzene rings is 1. The first kappa shape index (κ1) is 19.3. The average Bonchev–Trinajstić information content (AvgIpc) is 2.43. The van der Waals surface area contributed by atoms with Crippen LogP contribution in [0.2, 0.25) is 5.02 Å². The van der Waals surface area contributed by atoms with Crippen LogP contribution in [-0.4, -0.2) is 24.5 Å². The van der Waals surface area contributed by atoms with Gasteiger partial charge in [0.15, 0.2) is 0 Å². The van der Waals surface area contributed by atoms with E-state index < -0.39 is 6.04 Å².